The van der Waals surface area contributed by atoms with Gasteiger partial charge in [-0.25, -0.2) is 0 Å². The van der Waals surface area contributed by atoms with Crippen LogP contribution in [0.4, 0.5) is 0 Å². The molecule has 0 aliphatic carbocycles. The van der Waals surface area contributed by atoms with E-state index in [4.69, 9.17) is 23.2 Å². The number of nitrogens with one attached hydrogen (secondary N) is 2. The van der Waals surface area contributed by atoms with E-state index in [1.54, 1.807) is 0 Å². The smallest absolute Gasteiger partial charge is 0.0595 e. The predicted molar refractivity (Wildman–Crippen MR) is 87.6 cm³/mol. The van der Waals surface area contributed by atoms with E-state index in [1.807, 2.05) is 18.2 Å². The third kappa shape index (κ3) is 4.36. The number of piperidine rings is 1. The van der Waals surface area contributed by atoms with Crippen LogP contribution < -0.4 is 10.6 Å². The first-order valence-electron chi connectivity index (χ1n) is 7.14. The molecule has 0 atom stereocenters. The Morgan fingerprint density at radius 2 is 1.70 bits per heavy atom. The SMILES string of the molecule is CC1(C)CC(NCc2ccc(Cl)c(Cl)c2)CC(C)(C)N1. The predicted octanol–water partition coefficient (Wildman–Crippen LogP) is 4.39. The highest BCUT2D eigenvalue weighted by Gasteiger charge is 2.37. The van der Waals surface area contributed by atoms with Gasteiger partial charge in [0.2, 0.25) is 0 Å². The maximum Gasteiger partial charge on any atom is 0.0595 e. The van der Waals surface area contributed by atoms with E-state index in [9.17, 15) is 0 Å². The molecule has 1 aliphatic heterocycles. The minimum atomic E-state index is 0.164. The molecule has 0 bridgehead atoms. The molecule has 0 unspecified atom stereocenters. The lowest BCUT2D eigenvalue weighted by Crippen LogP contribution is -2.61. The molecule has 0 spiro atoms. The zero-order valence-electron chi connectivity index (χ0n) is 12.7. The molecule has 0 saturated carbocycles. The molecule has 20 heavy (non-hydrogen) atoms. The van der Waals surface area contributed by atoms with Crippen molar-refractivity contribution >= 4 is 23.2 Å². The van der Waals surface area contributed by atoms with E-state index in [-0.39, 0.29) is 11.1 Å². The Morgan fingerprint density at radius 1 is 1.10 bits per heavy atom. The quantitative estimate of drug-likeness (QED) is 0.864. The van der Waals surface area contributed by atoms with Gasteiger partial charge in [0.05, 0.1) is 10.0 Å². The van der Waals surface area contributed by atoms with Crippen LogP contribution in [0.2, 0.25) is 10.0 Å². The number of hydrogen-bond acceptors (Lipinski definition) is 2. The lowest BCUT2D eigenvalue weighted by atomic mass is 9.79. The molecule has 0 aromatic heterocycles. The first kappa shape index (κ1) is 16.1. The number of benzene rings is 1. The van der Waals surface area contributed by atoms with E-state index < -0.39 is 0 Å². The minimum Gasteiger partial charge on any atom is -0.310 e. The summed E-state index contributed by atoms with van der Waals surface area (Å²) in [6, 6.07) is 6.33. The van der Waals surface area contributed by atoms with Crippen LogP contribution in [0.25, 0.3) is 0 Å². The highest BCUT2D eigenvalue weighted by molar-refractivity contribution is 6.42. The molecule has 0 amide bonds. The van der Waals surface area contributed by atoms with E-state index in [0.29, 0.717) is 16.1 Å². The Bertz CT molecular complexity index is 467. The van der Waals surface area contributed by atoms with Crippen LogP contribution in [0.1, 0.15) is 46.1 Å². The normalized spacial score (nSPS) is 21.9. The van der Waals surface area contributed by atoms with Crippen LogP contribution in [0.15, 0.2) is 18.2 Å². The Kier molecular flexibility index (Phi) is 4.70. The summed E-state index contributed by atoms with van der Waals surface area (Å²) in [5.74, 6) is 0. The largest absolute Gasteiger partial charge is 0.310 e. The van der Waals surface area contributed by atoms with E-state index in [0.717, 1.165) is 19.4 Å². The van der Waals surface area contributed by atoms with Crippen molar-refractivity contribution in [2.75, 3.05) is 0 Å². The van der Waals surface area contributed by atoms with Crippen molar-refractivity contribution < 1.29 is 0 Å². The number of halogens is 2. The fourth-order valence-corrected chi connectivity index (χ4v) is 3.70. The summed E-state index contributed by atoms with van der Waals surface area (Å²) in [7, 11) is 0. The molecule has 1 heterocycles. The zero-order valence-corrected chi connectivity index (χ0v) is 14.2. The Balaban J connectivity index is 1.98. The van der Waals surface area contributed by atoms with Crippen LogP contribution >= 0.6 is 23.2 Å². The lowest BCUT2D eigenvalue weighted by Gasteiger charge is -2.46. The van der Waals surface area contributed by atoms with Gasteiger partial charge in [-0.3, -0.25) is 0 Å². The topological polar surface area (TPSA) is 24.1 Å². The second kappa shape index (κ2) is 5.84. The van der Waals surface area contributed by atoms with Crippen LogP contribution in [-0.2, 0) is 6.54 Å². The van der Waals surface area contributed by atoms with Crippen molar-refractivity contribution in [3.63, 3.8) is 0 Å². The van der Waals surface area contributed by atoms with Gasteiger partial charge in [0.25, 0.3) is 0 Å². The van der Waals surface area contributed by atoms with Gasteiger partial charge in [0.15, 0.2) is 0 Å². The van der Waals surface area contributed by atoms with Gasteiger partial charge < -0.3 is 10.6 Å². The van der Waals surface area contributed by atoms with Crippen molar-refractivity contribution in [2.45, 2.75) is 64.2 Å². The average Bonchev–Trinajstić information content (AvgIpc) is 2.27. The molecule has 112 valence electrons. The second-order valence-electron chi connectivity index (χ2n) is 7.13. The molecular formula is C16H24Cl2N2. The standard InChI is InChI=1S/C16H24Cl2N2/c1-15(2)8-12(9-16(3,4)20-15)19-10-11-5-6-13(17)14(18)7-11/h5-7,12,19-20H,8-10H2,1-4H3. The second-order valence-corrected chi connectivity index (χ2v) is 7.94. The van der Waals surface area contributed by atoms with Gasteiger partial charge in [0, 0.05) is 23.7 Å². The van der Waals surface area contributed by atoms with Gasteiger partial charge in [-0.15, -0.1) is 0 Å². The summed E-state index contributed by atoms with van der Waals surface area (Å²) in [5, 5.41) is 8.59. The van der Waals surface area contributed by atoms with Crippen LogP contribution in [0.3, 0.4) is 0 Å². The summed E-state index contributed by atoms with van der Waals surface area (Å²) in [5.41, 5.74) is 1.50. The summed E-state index contributed by atoms with van der Waals surface area (Å²) in [6.45, 7) is 9.89. The third-order valence-electron chi connectivity index (χ3n) is 3.77. The highest BCUT2D eigenvalue weighted by atomic mass is 35.5. The molecule has 1 aromatic carbocycles. The zero-order chi connectivity index (χ0) is 15.0. The Labute approximate surface area is 132 Å². The van der Waals surface area contributed by atoms with Crippen LogP contribution in [-0.4, -0.2) is 17.1 Å². The monoisotopic (exact) mass is 314 g/mol. The first-order chi connectivity index (χ1) is 9.17. The van der Waals surface area contributed by atoms with Crippen molar-refractivity contribution in [3.05, 3.63) is 33.8 Å². The summed E-state index contributed by atoms with van der Waals surface area (Å²) >= 11 is 12.0. The molecule has 0 radical (unpaired) electrons. The van der Waals surface area contributed by atoms with E-state index in [1.165, 1.54) is 5.56 Å². The highest BCUT2D eigenvalue weighted by Crippen LogP contribution is 2.29. The molecule has 1 fully saturated rings. The molecular weight excluding hydrogens is 291 g/mol. The fourth-order valence-electron chi connectivity index (χ4n) is 3.38. The maximum atomic E-state index is 6.06. The molecule has 1 saturated heterocycles. The number of hydrogen-bond donors (Lipinski definition) is 2. The van der Waals surface area contributed by atoms with Gasteiger partial charge >= 0.3 is 0 Å². The summed E-state index contributed by atoms with van der Waals surface area (Å²) in [6.07, 6.45) is 2.25. The Morgan fingerprint density at radius 3 is 2.25 bits per heavy atom. The third-order valence-corrected chi connectivity index (χ3v) is 4.51. The fraction of sp³-hybridized carbons (Fsp3) is 0.625. The summed E-state index contributed by atoms with van der Waals surface area (Å²) in [4.78, 5) is 0. The Hall–Kier alpha value is -0.280. The van der Waals surface area contributed by atoms with Crippen molar-refractivity contribution in [1.29, 1.82) is 0 Å². The first-order valence-corrected chi connectivity index (χ1v) is 7.89. The molecule has 1 aliphatic rings. The van der Waals surface area contributed by atoms with Crippen LogP contribution in [0, 0.1) is 0 Å². The minimum absolute atomic E-state index is 0.164. The van der Waals surface area contributed by atoms with Gasteiger partial charge in [0.1, 0.15) is 0 Å². The van der Waals surface area contributed by atoms with Crippen molar-refractivity contribution in [1.82, 2.24) is 10.6 Å². The van der Waals surface area contributed by atoms with Gasteiger partial charge in [-0.2, -0.15) is 0 Å². The lowest BCUT2D eigenvalue weighted by molar-refractivity contribution is 0.145. The van der Waals surface area contributed by atoms with E-state index in [2.05, 4.69) is 38.3 Å². The van der Waals surface area contributed by atoms with Crippen molar-refractivity contribution in [2.24, 2.45) is 0 Å². The molecule has 2 rings (SSSR count). The number of rotatable bonds is 3. The molecule has 4 heteroatoms. The molecule has 1 aromatic rings. The van der Waals surface area contributed by atoms with Crippen LogP contribution in [0.5, 0.6) is 0 Å². The molecule has 2 N–H and O–H groups in total. The van der Waals surface area contributed by atoms with Crippen molar-refractivity contribution in [3.8, 4) is 0 Å². The molecule has 2 nitrogen and oxygen atoms in total. The van der Waals surface area contributed by atoms with E-state index >= 15 is 0 Å². The van der Waals surface area contributed by atoms with Gasteiger partial charge in [-0.05, 0) is 58.2 Å². The van der Waals surface area contributed by atoms with Gasteiger partial charge in [-0.1, -0.05) is 29.3 Å². The summed E-state index contributed by atoms with van der Waals surface area (Å²) < 4.78 is 0. The maximum absolute atomic E-state index is 6.06. The average molecular weight is 315 g/mol.